The summed E-state index contributed by atoms with van der Waals surface area (Å²) in [5.74, 6) is -4.09. The third kappa shape index (κ3) is 3.18. The normalized spacial score (nSPS) is 19.5. The minimum atomic E-state index is -2.99. The van der Waals surface area contributed by atoms with Gasteiger partial charge in [-0.25, -0.2) is 8.78 Å². The van der Waals surface area contributed by atoms with Gasteiger partial charge in [-0.2, -0.15) is 0 Å². The van der Waals surface area contributed by atoms with Crippen LogP contribution in [-0.2, 0) is 4.79 Å². The number of hydrogen-bond acceptors (Lipinski definition) is 4. The number of carbonyl (C=O) groups is 2. The Morgan fingerprint density at radius 1 is 1.33 bits per heavy atom. The lowest BCUT2D eigenvalue weighted by Crippen LogP contribution is -2.46. The molecule has 2 amide bonds. The van der Waals surface area contributed by atoms with Crippen LogP contribution in [0.4, 0.5) is 8.78 Å². The zero-order valence-electron chi connectivity index (χ0n) is 12.7. The molecular formula is C16H16F2N4O2. The SMILES string of the molecule is N[C@@H]1CC(F)(F)CN1C(=O)CNC(=O)c1ccnc2ccccc12. The van der Waals surface area contributed by atoms with Gasteiger partial charge in [-0.15, -0.1) is 0 Å². The van der Waals surface area contributed by atoms with Crippen molar-refractivity contribution < 1.29 is 18.4 Å². The Morgan fingerprint density at radius 2 is 2.08 bits per heavy atom. The number of fused-ring (bicyclic) bond motifs is 1. The second-order valence-corrected chi connectivity index (χ2v) is 5.71. The molecule has 0 unspecified atom stereocenters. The maximum Gasteiger partial charge on any atom is 0.268 e. The molecule has 0 spiro atoms. The van der Waals surface area contributed by atoms with Crippen LogP contribution in [0.1, 0.15) is 16.8 Å². The van der Waals surface area contributed by atoms with Crippen molar-refractivity contribution in [3.63, 3.8) is 0 Å². The molecule has 0 bridgehead atoms. The Balaban J connectivity index is 1.68. The van der Waals surface area contributed by atoms with Crippen LogP contribution in [0.15, 0.2) is 36.5 Å². The maximum atomic E-state index is 13.3. The number of amides is 2. The predicted octanol–water partition coefficient (Wildman–Crippen LogP) is 1.12. The standard InChI is InChI=1S/C16H16F2N4O2/c17-16(18)7-13(19)22(9-16)14(23)8-21-15(24)11-5-6-20-12-4-2-1-3-10(11)12/h1-6,13H,7-9,19H2,(H,21,24)/t13-/m0/s1. The summed E-state index contributed by atoms with van der Waals surface area (Å²) in [7, 11) is 0. The van der Waals surface area contributed by atoms with Crippen molar-refractivity contribution in [2.24, 2.45) is 5.73 Å². The van der Waals surface area contributed by atoms with E-state index < -0.39 is 36.9 Å². The van der Waals surface area contributed by atoms with Gasteiger partial charge in [0.25, 0.3) is 11.8 Å². The van der Waals surface area contributed by atoms with Crippen molar-refractivity contribution in [2.75, 3.05) is 13.1 Å². The number of nitrogens with two attached hydrogens (primary N) is 1. The van der Waals surface area contributed by atoms with Gasteiger partial charge >= 0.3 is 0 Å². The molecule has 1 aliphatic rings. The summed E-state index contributed by atoms with van der Waals surface area (Å²) < 4.78 is 26.6. The van der Waals surface area contributed by atoms with Crippen LogP contribution in [0.2, 0.25) is 0 Å². The molecule has 1 fully saturated rings. The van der Waals surface area contributed by atoms with E-state index in [-0.39, 0.29) is 6.54 Å². The molecule has 6 nitrogen and oxygen atoms in total. The average Bonchev–Trinajstić information content (AvgIpc) is 2.84. The molecule has 1 aromatic carbocycles. The lowest BCUT2D eigenvalue weighted by atomic mass is 10.1. The molecule has 126 valence electrons. The van der Waals surface area contributed by atoms with Crippen LogP contribution < -0.4 is 11.1 Å². The topological polar surface area (TPSA) is 88.3 Å². The summed E-state index contributed by atoms with van der Waals surface area (Å²) in [6, 6.07) is 8.63. The summed E-state index contributed by atoms with van der Waals surface area (Å²) in [4.78, 5) is 29.4. The molecule has 1 saturated heterocycles. The monoisotopic (exact) mass is 334 g/mol. The summed E-state index contributed by atoms with van der Waals surface area (Å²) in [6.07, 6.45) is -0.108. The van der Waals surface area contributed by atoms with E-state index in [1.54, 1.807) is 24.3 Å². The second-order valence-electron chi connectivity index (χ2n) is 5.71. The van der Waals surface area contributed by atoms with Crippen molar-refractivity contribution in [1.82, 2.24) is 15.2 Å². The predicted molar refractivity (Wildman–Crippen MR) is 83.3 cm³/mol. The second kappa shape index (κ2) is 6.12. The highest BCUT2D eigenvalue weighted by atomic mass is 19.3. The van der Waals surface area contributed by atoms with Crippen LogP contribution in [0.5, 0.6) is 0 Å². The molecule has 2 heterocycles. The Kier molecular flexibility index (Phi) is 4.15. The first-order valence-corrected chi connectivity index (χ1v) is 7.42. The minimum Gasteiger partial charge on any atom is -0.343 e. The fraction of sp³-hybridized carbons (Fsp3) is 0.312. The summed E-state index contributed by atoms with van der Waals surface area (Å²) >= 11 is 0. The number of hydrogen-bond donors (Lipinski definition) is 2. The first-order valence-electron chi connectivity index (χ1n) is 7.42. The number of pyridine rings is 1. The lowest BCUT2D eigenvalue weighted by Gasteiger charge is -2.20. The number of likely N-dealkylation sites (tertiary alicyclic amines) is 1. The molecular weight excluding hydrogens is 318 g/mol. The third-order valence-electron chi connectivity index (χ3n) is 3.92. The van der Waals surface area contributed by atoms with Crippen molar-refractivity contribution in [1.29, 1.82) is 0 Å². The van der Waals surface area contributed by atoms with E-state index in [1.165, 1.54) is 12.3 Å². The van der Waals surface area contributed by atoms with E-state index in [0.29, 0.717) is 16.5 Å². The van der Waals surface area contributed by atoms with Crippen molar-refractivity contribution in [2.45, 2.75) is 18.5 Å². The van der Waals surface area contributed by atoms with Crippen LogP contribution in [0.3, 0.4) is 0 Å². The molecule has 1 aliphatic heterocycles. The van der Waals surface area contributed by atoms with Crippen LogP contribution in [0, 0.1) is 0 Å². The van der Waals surface area contributed by atoms with Gasteiger partial charge in [0.1, 0.15) is 0 Å². The Bertz CT molecular complexity index is 791. The van der Waals surface area contributed by atoms with E-state index in [1.807, 2.05) is 0 Å². The van der Waals surface area contributed by atoms with Crippen LogP contribution >= 0.6 is 0 Å². The van der Waals surface area contributed by atoms with E-state index in [0.717, 1.165) is 4.90 Å². The highest BCUT2D eigenvalue weighted by Gasteiger charge is 2.45. The molecule has 2 aromatic rings. The fourth-order valence-electron chi connectivity index (χ4n) is 2.77. The Hall–Kier alpha value is -2.61. The zero-order chi connectivity index (χ0) is 17.3. The number of alkyl halides is 2. The Labute approximate surface area is 136 Å². The summed E-state index contributed by atoms with van der Waals surface area (Å²) in [5.41, 5.74) is 6.57. The molecule has 0 aliphatic carbocycles. The third-order valence-corrected chi connectivity index (χ3v) is 3.92. The quantitative estimate of drug-likeness (QED) is 0.880. The number of para-hydroxylation sites is 1. The molecule has 3 rings (SSSR count). The fourth-order valence-corrected chi connectivity index (χ4v) is 2.77. The first-order chi connectivity index (χ1) is 11.4. The lowest BCUT2D eigenvalue weighted by molar-refractivity contribution is -0.132. The van der Waals surface area contributed by atoms with Crippen molar-refractivity contribution in [3.8, 4) is 0 Å². The maximum absolute atomic E-state index is 13.3. The van der Waals surface area contributed by atoms with Crippen LogP contribution in [-0.4, -0.2) is 46.9 Å². The number of benzene rings is 1. The van der Waals surface area contributed by atoms with Crippen molar-refractivity contribution in [3.05, 3.63) is 42.1 Å². The number of rotatable bonds is 3. The van der Waals surface area contributed by atoms with Gasteiger partial charge < -0.3 is 16.0 Å². The average molecular weight is 334 g/mol. The highest BCUT2D eigenvalue weighted by Crippen LogP contribution is 2.29. The van der Waals surface area contributed by atoms with Crippen LogP contribution in [0.25, 0.3) is 10.9 Å². The molecule has 1 aromatic heterocycles. The van der Waals surface area contributed by atoms with Gasteiger partial charge in [0, 0.05) is 18.0 Å². The summed E-state index contributed by atoms with van der Waals surface area (Å²) in [6.45, 7) is -1.11. The van der Waals surface area contributed by atoms with Gasteiger partial charge in [0.05, 0.1) is 30.3 Å². The number of halogens is 2. The largest absolute Gasteiger partial charge is 0.343 e. The number of aromatic nitrogens is 1. The molecule has 3 N–H and O–H groups in total. The number of nitrogens with one attached hydrogen (secondary N) is 1. The van der Waals surface area contributed by atoms with Gasteiger partial charge in [-0.05, 0) is 12.1 Å². The molecule has 0 saturated carbocycles. The number of carbonyl (C=O) groups excluding carboxylic acids is 2. The van der Waals surface area contributed by atoms with Gasteiger partial charge in [0.2, 0.25) is 5.91 Å². The van der Waals surface area contributed by atoms with E-state index in [4.69, 9.17) is 5.73 Å². The van der Waals surface area contributed by atoms with Gasteiger partial charge in [-0.1, -0.05) is 18.2 Å². The first kappa shape index (κ1) is 16.3. The summed E-state index contributed by atoms with van der Waals surface area (Å²) in [5, 5.41) is 3.10. The molecule has 24 heavy (non-hydrogen) atoms. The minimum absolute atomic E-state index is 0.365. The van der Waals surface area contributed by atoms with E-state index in [2.05, 4.69) is 10.3 Å². The van der Waals surface area contributed by atoms with Crippen molar-refractivity contribution >= 4 is 22.7 Å². The van der Waals surface area contributed by atoms with E-state index >= 15 is 0 Å². The Morgan fingerprint density at radius 3 is 2.79 bits per heavy atom. The smallest absolute Gasteiger partial charge is 0.268 e. The van der Waals surface area contributed by atoms with Gasteiger partial charge in [0.15, 0.2) is 0 Å². The van der Waals surface area contributed by atoms with E-state index in [9.17, 15) is 18.4 Å². The molecule has 0 radical (unpaired) electrons. The molecule has 1 atom stereocenters. The molecule has 8 heteroatoms. The zero-order valence-corrected chi connectivity index (χ0v) is 12.7. The number of nitrogens with zero attached hydrogens (tertiary/aromatic N) is 2. The highest BCUT2D eigenvalue weighted by molar-refractivity contribution is 6.06. The van der Waals surface area contributed by atoms with Gasteiger partial charge in [-0.3, -0.25) is 14.6 Å².